The van der Waals surface area contributed by atoms with Gasteiger partial charge in [-0.05, 0) is 13.8 Å². The molecular weight excluding hydrogens is 224 g/mol. The van der Waals surface area contributed by atoms with Gasteiger partial charge in [0.05, 0.1) is 18.1 Å². The monoisotopic (exact) mass is 236 g/mol. The molecule has 7 heteroatoms. The molecule has 0 unspecified atom stereocenters. The Morgan fingerprint density at radius 2 is 2.14 bits per heavy atom. The van der Waals surface area contributed by atoms with Crippen molar-refractivity contribution < 1.29 is 13.5 Å². The molecule has 0 fully saturated rings. The fourth-order valence-corrected chi connectivity index (χ4v) is 2.69. The molecule has 0 saturated heterocycles. The van der Waals surface area contributed by atoms with E-state index in [-0.39, 0.29) is 5.75 Å². The van der Waals surface area contributed by atoms with E-state index in [1.54, 1.807) is 0 Å². The van der Waals surface area contributed by atoms with Crippen molar-refractivity contribution in [2.24, 2.45) is 0 Å². The summed E-state index contributed by atoms with van der Waals surface area (Å²) in [5, 5.41) is 8.86. The van der Waals surface area contributed by atoms with Gasteiger partial charge in [0.25, 0.3) is 0 Å². The third-order valence-corrected chi connectivity index (χ3v) is 3.97. The standard InChI is InChI=1S/C7H12N2O3S2/c1-5-6(2)13-7(8-5)9-14(11,12)4-3-10/h10H,3-4H2,1-2H3,(H,8,9). The lowest BCUT2D eigenvalue weighted by Gasteiger charge is -2.01. The van der Waals surface area contributed by atoms with Gasteiger partial charge in [0.2, 0.25) is 10.0 Å². The van der Waals surface area contributed by atoms with Crippen molar-refractivity contribution in [2.45, 2.75) is 13.8 Å². The second kappa shape index (κ2) is 4.24. The summed E-state index contributed by atoms with van der Waals surface area (Å²) < 4.78 is 24.7. The molecule has 0 bridgehead atoms. The Balaban J connectivity index is 2.79. The second-order valence-electron chi connectivity index (χ2n) is 2.81. The summed E-state index contributed by atoms with van der Waals surface area (Å²) in [4.78, 5) is 5.00. The maximum Gasteiger partial charge on any atom is 0.236 e. The van der Waals surface area contributed by atoms with Crippen LogP contribution in [0.3, 0.4) is 0 Å². The SMILES string of the molecule is Cc1nc(NS(=O)(=O)CCO)sc1C. The van der Waals surface area contributed by atoms with Crippen molar-refractivity contribution in [1.29, 1.82) is 0 Å². The fourth-order valence-electron chi connectivity index (χ4n) is 0.821. The topological polar surface area (TPSA) is 79.3 Å². The van der Waals surface area contributed by atoms with Crippen molar-refractivity contribution in [3.63, 3.8) is 0 Å². The molecular formula is C7H12N2O3S2. The molecule has 2 N–H and O–H groups in total. The van der Waals surface area contributed by atoms with E-state index in [2.05, 4.69) is 9.71 Å². The smallest absolute Gasteiger partial charge is 0.236 e. The Bertz CT molecular complexity index is 391. The average molecular weight is 236 g/mol. The van der Waals surface area contributed by atoms with Crippen LogP contribution in [0.5, 0.6) is 0 Å². The lowest BCUT2D eigenvalue weighted by molar-refractivity contribution is 0.320. The van der Waals surface area contributed by atoms with E-state index in [1.165, 1.54) is 11.3 Å². The number of aryl methyl sites for hydroxylation is 2. The minimum absolute atomic E-state index is 0.301. The van der Waals surface area contributed by atoms with Gasteiger partial charge in [0.15, 0.2) is 5.13 Å². The molecule has 1 aromatic heterocycles. The summed E-state index contributed by atoms with van der Waals surface area (Å²) in [6.07, 6.45) is 0. The van der Waals surface area contributed by atoms with Crippen molar-refractivity contribution in [3.8, 4) is 0 Å². The van der Waals surface area contributed by atoms with Gasteiger partial charge in [-0.3, -0.25) is 4.72 Å². The van der Waals surface area contributed by atoms with Crippen LogP contribution in [0.25, 0.3) is 0 Å². The number of aromatic nitrogens is 1. The third-order valence-electron chi connectivity index (χ3n) is 1.63. The summed E-state index contributed by atoms with van der Waals surface area (Å²) >= 11 is 1.28. The number of hydrogen-bond acceptors (Lipinski definition) is 5. The molecule has 0 spiro atoms. The van der Waals surface area contributed by atoms with Crippen molar-refractivity contribution in [1.82, 2.24) is 4.98 Å². The number of aliphatic hydroxyl groups is 1. The van der Waals surface area contributed by atoms with Gasteiger partial charge in [0, 0.05) is 4.88 Å². The van der Waals surface area contributed by atoms with Crippen LogP contribution >= 0.6 is 11.3 Å². The van der Waals surface area contributed by atoms with Gasteiger partial charge in [0.1, 0.15) is 0 Å². The van der Waals surface area contributed by atoms with Crippen molar-refractivity contribution in [2.75, 3.05) is 17.1 Å². The zero-order valence-corrected chi connectivity index (χ0v) is 9.57. The number of hydrogen-bond donors (Lipinski definition) is 2. The maximum absolute atomic E-state index is 11.2. The molecule has 1 rings (SSSR count). The minimum Gasteiger partial charge on any atom is -0.395 e. The van der Waals surface area contributed by atoms with Gasteiger partial charge in [-0.2, -0.15) is 0 Å². The average Bonchev–Trinajstić information content (AvgIpc) is 2.29. The van der Waals surface area contributed by atoms with E-state index < -0.39 is 16.6 Å². The number of nitrogens with zero attached hydrogens (tertiary/aromatic N) is 1. The highest BCUT2D eigenvalue weighted by molar-refractivity contribution is 7.92. The van der Waals surface area contributed by atoms with Crippen molar-refractivity contribution >= 4 is 26.5 Å². The van der Waals surface area contributed by atoms with E-state index in [1.807, 2.05) is 13.8 Å². The molecule has 14 heavy (non-hydrogen) atoms. The van der Waals surface area contributed by atoms with Crippen LogP contribution in [0.4, 0.5) is 5.13 Å². The summed E-state index contributed by atoms with van der Waals surface area (Å²) in [7, 11) is -3.44. The molecule has 0 amide bonds. The normalized spacial score (nSPS) is 11.6. The molecule has 80 valence electrons. The van der Waals surface area contributed by atoms with Crippen molar-refractivity contribution in [3.05, 3.63) is 10.6 Å². The quantitative estimate of drug-likeness (QED) is 0.797. The first-order chi connectivity index (χ1) is 6.44. The minimum atomic E-state index is -3.44. The Hall–Kier alpha value is -0.660. The number of anilines is 1. The summed E-state index contributed by atoms with van der Waals surface area (Å²) in [6, 6.07) is 0. The van der Waals surface area contributed by atoms with Gasteiger partial charge in [-0.15, -0.1) is 11.3 Å². The van der Waals surface area contributed by atoms with Crippen LogP contribution in [0.1, 0.15) is 10.6 Å². The number of aliphatic hydroxyl groups excluding tert-OH is 1. The number of nitrogens with one attached hydrogen (secondary N) is 1. The molecule has 0 saturated carbocycles. The van der Waals surface area contributed by atoms with Gasteiger partial charge in [-0.1, -0.05) is 0 Å². The van der Waals surface area contributed by atoms with Crippen LogP contribution in [-0.2, 0) is 10.0 Å². The zero-order chi connectivity index (χ0) is 10.8. The third kappa shape index (κ3) is 2.93. The summed E-state index contributed by atoms with van der Waals surface area (Å²) in [5.41, 5.74) is 0.816. The second-order valence-corrected chi connectivity index (χ2v) is 5.85. The lowest BCUT2D eigenvalue weighted by Crippen LogP contribution is -2.18. The van der Waals surface area contributed by atoms with E-state index in [4.69, 9.17) is 5.11 Å². The largest absolute Gasteiger partial charge is 0.395 e. The molecule has 0 aliphatic heterocycles. The van der Waals surface area contributed by atoms with E-state index in [0.717, 1.165) is 10.6 Å². The fraction of sp³-hybridized carbons (Fsp3) is 0.571. The highest BCUT2D eigenvalue weighted by Crippen LogP contribution is 2.21. The molecule has 0 aliphatic carbocycles. The molecule has 1 heterocycles. The Morgan fingerprint density at radius 3 is 2.57 bits per heavy atom. The Kier molecular flexibility index (Phi) is 3.46. The van der Waals surface area contributed by atoms with Crippen LogP contribution in [0.2, 0.25) is 0 Å². The Labute approximate surface area is 86.9 Å². The number of rotatable bonds is 4. The molecule has 0 atom stereocenters. The highest BCUT2D eigenvalue weighted by atomic mass is 32.2. The first-order valence-corrected chi connectivity index (χ1v) is 6.47. The van der Waals surface area contributed by atoms with Gasteiger partial charge < -0.3 is 5.11 Å². The maximum atomic E-state index is 11.2. The molecule has 0 aromatic carbocycles. The first-order valence-electron chi connectivity index (χ1n) is 4.00. The van der Waals surface area contributed by atoms with E-state index >= 15 is 0 Å². The summed E-state index contributed by atoms with van der Waals surface area (Å²) in [6.45, 7) is 3.30. The van der Waals surface area contributed by atoms with E-state index in [9.17, 15) is 8.42 Å². The highest BCUT2D eigenvalue weighted by Gasteiger charge is 2.12. The number of thiazole rings is 1. The summed E-state index contributed by atoms with van der Waals surface area (Å²) in [5.74, 6) is -0.301. The molecule has 0 radical (unpaired) electrons. The molecule has 1 aromatic rings. The van der Waals surface area contributed by atoms with Crippen LogP contribution in [0, 0.1) is 13.8 Å². The molecule has 5 nitrogen and oxygen atoms in total. The van der Waals surface area contributed by atoms with Crippen LogP contribution < -0.4 is 4.72 Å². The van der Waals surface area contributed by atoms with E-state index in [0.29, 0.717) is 5.13 Å². The van der Waals surface area contributed by atoms with Gasteiger partial charge in [-0.25, -0.2) is 13.4 Å². The van der Waals surface area contributed by atoms with Gasteiger partial charge >= 0.3 is 0 Å². The van der Waals surface area contributed by atoms with Crippen LogP contribution in [0.15, 0.2) is 0 Å². The first kappa shape index (κ1) is 11.4. The lowest BCUT2D eigenvalue weighted by atomic mass is 10.4. The Morgan fingerprint density at radius 1 is 1.50 bits per heavy atom. The number of sulfonamides is 1. The zero-order valence-electron chi connectivity index (χ0n) is 7.94. The predicted molar refractivity (Wildman–Crippen MR) is 56.1 cm³/mol. The van der Waals surface area contributed by atoms with Crippen LogP contribution in [-0.4, -0.2) is 30.9 Å². The predicted octanol–water partition coefficient (Wildman–Crippen LogP) is 0.494. The molecule has 0 aliphatic rings.